The number of imide groups is 1. The van der Waals surface area contributed by atoms with Crippen LogP contribution in [0.25, 0.3) is 0 Å². The van der Waals surface area contributed by atoms with E-state index in [1.165, 1.54) is 9.80 Å². The van der Waals surface area contributed by atoms with Crippen LogP contribution >= 0.6 is 0 Å². The second-order valence-electron chi connectivity index (χ2n) is 3.92. The van der Waals surface area contributed by atoms with Gasteiger partial charge in [0.15, 0.2) is 0 Å². The van der Waals surface area contributed by atoms with E-state index in [9.17, 15) is 9.59 Å². The molecule has 2 N–H and O–H groups in total. The number of amides is 3. The molecule has 0 radical (unpaired) electrons. The van der Waals surface area contributed by atoms with Gasteiger partial charge in [0.05, 0.1) is 12.6 Å². The second-order valence-corrected chi connectivity index (χ2v) is 3.92. The molecule has 0 aromatic heterocycles. The predicted octanol–water partition coefficient (Wildman–Crippen LogP) is 0.745. The van der Waals surface area contributed by atoms with Gasteiger partial charge in [-0.1, -0.05) is 19.8 Å². The van der Waals surface area contributed by atoms with Gasteiger partial charge in [0, 0.05) is 13.6 Å². The Hall–Kier alpha value is -1.10. The molecule has 1 rings (SSSR count). The topological polar surface area (TPSA) is 66.6 Å². The third-order valence-electron chi connectivity index (χ3n) is 2.70. The lowest BCUT2D eigenvalue weighted by atomic mass is 10.2. The number of hydrogen-bond donors (Lipinski definition) is 1. The molecule has 1 heterocycles. The lowest BCUT2D eigenvalue weighted by molar-refractivity contribution is -0.132. The van der Waals surface area contributed by atoms with Crippen LogP contribution in [0.5, 0.6) is 0 Å². The first kappa shape index (κ1) is 12.0. The molecule has 1 atom stereocenters. The van der Waals surface area contributed by atoms with Gasteiger partial charge in [-0.15, -0.1) is 0 Å². The molecule has 0 spiro atoms. The lowest BCUT2D eigenvalue weighted by Gasteiger charge is -2.36. The third-order valence-corrected chi connectivity index (χ3v) is 2.70. The maximum Gasteiger partial charge on any atom is 0.327 e. The molecule has 1 unspecified atom stereocenters. The van der Waals surface area contributed by atoms with Crippen LogP contribution in [0.2, 0.25) is 0 Å². The van der Waals surface area contributed by atoms with Crippen molar-refractivity contribution in [2.24, 2.45) is 5.73 Å². The lowest BCUT2D eigenvalue weighted by Crippen LogP contribution is -2.58. The van der Waals surface area contributed by atoms with Crippen molar-refractivity contribution in [2.75, 3.05) is 13.6 Å². The quantitative estimate of drug-likeness (QED) is 0.701. The van der Waals surface area contributed by atoms with E-state index in [4.69, 9.17) is 5.73 Å². The summed E-state index contributed by atoms with van der Waals surface area (Å²) in [6, 6.07) is -0.269. The van der Waals surface area contributed by atoms with Crippen LogP contribution in [-0.2, 0) is 4.79 Å². The molecule has 1 aliphatic rings. The second kappa shape index (κ2) is 5.11. The number of urea groups is 1. The molecule has 5 heteroatoms. The summed E-state index contributed by atoms with van der Waals surface area (Å²) in [4.78, 5) is 26.0. The number of hydrogen-bond acceptors (Lipinski definition) is 3. The summed E-state index contributed by atoms with van der Waals surface area (Å²) in [7, 11) is 1.63. The van der Waals surface area contributed by atoms with Crippen LogP contribution in [0, 0.1) is 0 Å². The summed E-state index contributed by atoms with van der Waals surface area (Å²) in [5, 5.41) is 0. The van der Waals surface area contributed by atoms with Crippen molar-refractivity contribution in [3.8, 4) is 0 Å². The minimum absolute atomic E-state index is 0.151. The minimum Gasteiger partial charge on any atom is -0.312 e. The van der Waals surface area contributed by atoms with Gasteiger partial charge < -0.3 is 10.6 Å². The monoisotopic (exact) mass is 213 g/mol. The summed E-state index contributed by atoms with van der Waals surface area (Å²) in [6.07, 6.45) is 2.75. The van der Waals surface area contributed by atoms with E-state index in [1.807, 2.05) is 0 Å². The highest BCUT2D eigenvalue weighted by atomic mass is 16.2. The summed E-state index contributed by atoms with van der Waals surface area (Å²) >= 11 is 0. The molecule has 86 valence electrons. The molecule has 15 heavy (non-hydrogen) atoms. The molecule has 0 aliphatic carbocycles. The molecule has 1 fully saturated rings. The summed E-state index contributed by atoms with van der Waals surface area (Å²) in [5.74, 6) is -0.151. The summed E-state index contributed by atoms with van der Waals surface area (Å²) in [6.45, 7) is 2.60. The van der Waals surface area contributed by atoms with Gasteiger partial charge in [-0.2, -0.15) is 0 Å². The molecule has 0 aromatic rings. The van der Waals surface area contributed by atoms with Gasteiger partial charge in [0.25, 0.3) is 0 Å². The average molecular weight is 213 g/mol. The number of unbranched alkanes of at least 4 members (excludes halogenated alkanes) is 2. The molecule has 1 saturated heterocycles. The maximum atomic E-state index is 11.7. The molecular weight excluding hydrogens is 194 g/mol. The number of carbonyl (C=O) groups is 2. The van der Waals surface area contributed by atoms with E-state index < -0.39 is 6.17 Å². The van der Waals surface area contributed by atoms with Gasteiger partial charge in [-0.25, -0.2) is 4.79 Å². The standard InChI is InChI=1S/C10H19N3O2/c1-3-4-5-6-13-9(14)7-8(11)12(2)10(13)15/h8H,3-7,11H2,1-2H3. The van der Waals surface area contributed by atoms with Crippen molar-refractivity contribution in [2.45, 2.75) is 38.8 Å². The zero-order valence-corrected chi connectivity index (χ0v) is 9.40. The fourth-order valence-electron chi connectivity index (χ4n) is 1.61. The minimum atomic E-state index is -0.465. The molecule has 3 amide bonds. The zero-order chi connectivity index (χ0) is 11.4. The van der Waals surface area contributed by atoms with Gasteiger partial charge >= 0.3 is 6.03 Å². The molecule has 0 aromatic carbocycles. The predicted molar refractivity (Wildman–Crippen MR) is 57.0 cm³/mol. The fraction of sp³-hybridized carbons (Fsp3) is 0.800. The van der Waals surface area contributed by atoms with E-state index >= 15 is 0 Å². The van der Waals surface area contributed by atoms with E-state index in [2.05, 4.69) is 6.92 Å². The van der Waals surface area contributed by atoms with Crippen molar-refractivity contribution in [3.05, 3.63) is 0 Å². The Balaban J connectivity index is 2.55. The Bertz CT molecular complexity index is 255. The van der Waals surface area contributed by atoms with Crippen LogP contribution < -0.4 is 5.73 Å². The van der Waals surface area contributed by atoms with Crippen LogP contribution in [0.1, 0.15) is 32.6 Å². The van der Waals surface area contributed by atoms with Crippen LogP contribution in [0.4, 0.5) is 4.79 Å². The Kier molecular flexibility index (Phi) is 4.08. The SMILES string of the molecule is CCCCCN1C(=O)CC(N)N(C)C1=O. The Morgan fingerprint density at radius 2 is 2.07 bits per heavy atom. The molecule has 0 saturated carbocycles. The van der Waals surface area contributed by atoms with E-state index in [-0.39, 0.29) is 18.4 Å². The van der Waals surface area contributed by atoms with Crippen LogP contribution in [0.15, 0.2) is 0 Å². The number of nitrogens with two attached hydrogens (primary N) is 1. The first-order chi connectivity index (χ1) is 7.07. The van der Waals surface area contributed by atoms with Gasteiger partial charge in [-0.3, -0.25) is 9.69 Å². The highest BCUT2D eigenvalue weighted by molar-refractivity contribution is 5.97. The molecule has 1 aliphatic heterocycles. The highest BCUT2D eigenvalue weighted by Gasteiger charge is 2.33. The Morgan fingerprint density at radius 3 is 2.67 bits per heavy atom. The molecule has 0 bridgehead atoms. The van der Waals surface area contributed by atoms with Gasteiger partial charge in [-0.05, 0) is 6.42 Å². The van der Waals surface area contributed by atoms with Crippen molar-refractivity contribution in [3.63, 3.8) is 0 Å². The number of nitrogens with zero attached hydrogens (tertiary/aromatic N) is 2. The first-order valence-corrected chi connectivity index (χ1v) is 5.40. The summed E-state index contributed by atoms with van der Waals surface area (Å²) < 4.78 is 0. The van der Waals surface area contributed by atoms with Crippen molar-refractivity contribution >= 4 is 11.9 Å². The first-order valence-electron chi connectivity index (χ1n) is 5.40. The third kappa shape index (κ3) is 2.68. The van der Waals surface area contributed by atoms with Gasteiger partial charge in [0.2, 0.25) is 5.91 Å². The summed E-state index contributed by atoms with van der Waals surface area (Å²) in [5.41, 5.74) is 5.63. The Labute approximate surface area is 90.2 Å². The van der Waals surface area contributed by atoms with E-state index in [0.717, 1.165) is 19.3 Å². The highest BCUT2D eigenvalue weighted by Crippen LogP contribution is 2.13. The molecular formula is C10H19N3O2. The molecule has 5 nitrogen and oxygen atoms in total. The number of rotatable bonds is 4. The largest absolute Gasteiger partial charge is 0.327 e. The van der Waals surface area contributed by atoms with E-state index in [0.29, 0.717) is 6.54 Å². The average Bonchev–Trinajstić information content (AvgIpc) is 2.20. The van der Waals surface area contributed by atoms with Crippen molar-refractivity contribution in [1.82, 2.24) is 9.80 Å². The zero-order valence-electron chi connectivity index (χ0n) is 9.40. The smallest absolute Gasteiger partial charge is 0.312 e. The van der Waals surface area contributed by atoms with Crippen molar-refractivity contribution < 1.29 is 9.59 Å². The maximum absolute atomic E-state index is 11.7. The van der Waals surface area contributed by atoms with E-state index in [1.54, 1.807) is 7.05 Å². The van der Waals surface area contributed by atoms with Crippen molar-refractivity contribution in [1.29, 1.82) is 0 Å². The fourth-order valence-corrected chi connectivity index (χ4v) is 1.61. The van der Waals surface area contributed by atoms with Crippen LogP contribution in [-0.4, -0.2) is 41.5 Å². The van der Waals surface area contributed by atoms with Crippen LogP contribution in [0.3, 0.4) is 0 Å². The van der Waals surface area contributed by atoms with Gasteiger partial charge in [0.1, 0.15) is 0 Å². The number of carbonyl (C=O) groups excluding carboxylic acids is 2. The Morgan fingerprint density at radius 1 is 1.40 bits per heavy atom. The normalized spacial score (nSPS) is 22.5.